The fourth-order valence-electron chi connectivity index (χ4n) is 3.40. The fraction of sp³-hybridized carbons (Fsp3) is 0.350. The molecule has 1 N–H and O–H groups in total. The van der Waals surface area contributed by atoms with E-state index in [1.165, 1.54) is 13.2 Å². The Morgan fingerprint density at radius 1 is 1.24 bits per heavy atom. The summed E-state index contributed by atoms with van der Waals surface area (Å²) in [5, 5.41) is 6.24. The van der Waals surface area contributed by atoms with Gasteiger partial charge < -0.3 is 14.1 Å². The van der Waals surface area contributed by atoms with Gasteiger partial charge >= 0.3 is 0 Å². The van der Waals surface area contributed by atoms with Gasteiger partial charge in [0.25, 0.3) is 5.56 Å². The Labute approximate surface area is 166 Å². The molecule has 1 saturated heterocycles. The van der Waals surface area contributed by atoms with Crippen molar-refractivity contribution in [2.45, 2.75) is 13.5 Å². The molecule has 0 amide bonds. The molecule has 29 heavy (non-hydrogen) atoms. The highest BCUT2D eigenvalue weighted by molar-refractivity contribution is 5.56. The van der Waals surface area contributed by atoms with Crippen LogP contribution in [0.25, 0.3) is 11.5 Å². The zero-order valence-electron chi connectivity index (χ0n) is 16.3. The molecular weight excluding hydrogens is 377 g/mol. The first-order valence-electron chi connectivity index (χ1n) is 9.36. The molecule has 1 aliphatic heterocycles. The van der Waals surface area contributed by atoms with E-state index >= 15 is 0 Å². The first-order valence-corrected chi connectivity index (χ1v) is 9.36. The van der Waals surface area contributed by atoms with Crippen LogP contribution in [0.4, 0.5) is 10.1 Å². The lowest BCUT2D eigenvalue weighted by atomic mass is 10.2. The minimum atomic E-state index is -0.433. The largest absolute Gasteiger partial charge is 0.497 e. The third kappa shape index (κ3) is 4.14. The highest BCUT2D eigenvalue weighted by atomic mass is 19.1. The molecule has 8 nitrogen and oxygen atoms in total. The van der Waals surface area contributed by atoms with Gasteiger partial charge in [-0.1, -0.05) is 0 Å². The number of anilines is 1. The van der Waals surface area contributed by atoms with Crippen LogP contribution in [-0.2, 0) is 6.54 Å². The summed E-state index contributed by atoms with van der Waals surface area (Å²) < 4.78 is 25.1. The summed E-state index contributed by atoms with van der Waals surface area (Å²) in [6.07, 6.45) is 1.66. The molecule has 0 atom stereocenters. The van der Waals surface area contributed by atoms with Gasteiger partial charge in [-0.05, 0) is 19.1 Å². The average Bonchev–Trinajstić information content (AvgIpc) is 3.08. The molecule has 0 aliphatic carbocycles. The number of ether oxygens (including phenoxy) is 1. The number of oxazole rings is 1. The minimum Gasteiger partial charge on any atom is -0.497 e. The van der Waals surface area contributed by atoms with Gasteiger partial charge in [-0.15, -0.1) is 0 Å². The Hall–Kier alpha value is -3.20. The lowest BCUT2D eigenvalue weighted by Crippen LogP contribution is -2.46. The number of nitrogens with one attached hydrogen (secondary N) is 1. The van der Waals surface area contributed by atoms with Crippen LogP contribution in [0.15, 0.2) is 39.7 Å². The maximum atomic E-state index is 14.3. The molecule has 2 aromatic heterocycles. The van der Waals surface area contributed by atoms with E-state index < -0.39 is 5.82 Å². The minimum absolute atomic E-state index is 0.207. The molecule has 3 aromatic rings. The monoisotopic (exact) mass is 399 g/mol. The average molecular weight is 399 g/mol. The number of hydrogen-bond acceptors (Lipinski definition) is 7. The summed E-state index contributed by atoms with van der Waals surface area (Å²) in [6, 6.07) is 6.16. The molecule has 0 spiro atoms. The molecule has 0 unspecified atom stereocenters. The number of rotatable bonds is 5. The Morgan fingerprint density at radius 3 is 2.72 bits per heavy atom. The topological polar surface area (TPSA) is 87.5 Å². The van der Waals surface area contributed by atoms with Crippen LogP contribution in [0.5, 0.6) is 5.75 Å². The summed E-state index contributed by atoms with van der Waals surface area (Å²) in [7, 11) is 1.49. The molecular formula is C20H22FN5O3. The van der Waals surface area contributed by atoms with Gasteiger partial charge in [0.15, 0.2) is 0 Å². The summed E-state index contributed by atoms with van der Waals surface area (Å²) >= 11 is 0. The maximum Gasteiger partial charge on any atom is 0.266 e. The number of methoxy groups -OCH3 is 1. The number of halogens is 1. The van der Waals surface area contributed by atoms with Crippen LogP contribution in [0, 0.1) is 12.7 Å². The summed E-state index contributed by atoms with van der Waals surface area (Å²) in [5.41, 5.74) is 1.72. The van der Waals surface area contributed by atoms with Crippen molar-refractivity contribution >= 4 is 5.69 Å². The third-order valence-electron chi connectivity index (χ3n) is 5.06. The number of hydrogen-bond donors (Lipinski definition) is 1. The lowest BCUT2D eigenvalue weighted by molar-refractivity contribution is 0.246. The van der Waals surface area contributed by atoms with Crippen molar-refractivity contribution < 1.29 is 13.5 Å². The van der Waals surface area contributed by atoms with E-state index in [1.807, 2.05) is 6.92 Å². The molecule has 3 heterocycles. The smallest absolute Gasteiger partial charge is 0.266 e. The highest BCUT2D eigenvalue weighted by Crippen LogP contribution is 2.28. The second-order valence-corrected chi connectivity index (χ2v) is 6.93. The maximum absolute atomic E-state index is 14.3. The van der Waals surface area contributed by atoms with E-state index in [9.17, 15) is 9.18 Å². The number of aromatic amines is 1. The van der Waals surface area contributed by atoms with Crippen molar-refractivity contribution in [1.82, 2.24) is 20.1 Å². The van der Waals surface area contributed by atoms with Crippen LogP contribution in [0.3, 0.4) is 0 Å². The van der Waals surface area contributed by atoms with Gasteiger partial charge in [0.05, 0.1) is 30.3 Å². The Kier molecular flexibility index (Phi) is 5.30. The van der Waals surface area contributed by atoms with Gasteiger partial charge in [0.1, 0.15) is 17.3 Å². The van der Waals surface area contributed by atoms with Crippen LogP contribution < -0.4 is 15.2 Å². The molecule has 0 radical (unpaired) electrons. The Bertz CT molecular complexity index is 1060. The zero-order chi connectivity index (χ0) is 20.4. The van der Waals surface area contributed by atoms with Crippen LogP contribution in [-0.4, -0.2) is 53.4 Å². The van der Waals surface area contributed by atoms with Crippen molar-refractivity contribution in [3.8, 4) is 17.2 Å². The molecule has 9 heteroatoms. The molecule has 0 bridgehead atoms. The predicted molar refractivity (Wildman–Crippen MR) is 106 cm³/mol. The van der Waals surface area contributed by atoms with E-state index in [2.05, 4.69) is 25.0 Å². The van der Waals surface area contributed by atoms with Gasteiger partial charge in [-0.3, -0.25) is 9.69 Å². The quantitative estimate of drug-likeness (QED) is 0.704. The Balaban J connectivity index is 1.43. The summed E-state index contributed by atoms with van der Waals surface area (Å²) in [6.45, 7) is 5.64. The number of aromatic nitrogens is 3. The normalized spacial score (nSPS) is 14.9. The van der Waals surface area contributed by atoms with E-state index in [0.717, 1.165) is 37.6 Å². The highest BCUT2D eigenvalue weighted by Gasteiger charge is 2.21. The van der Waals surface area contributed by atoms with Crippen molar-refractivity contribution in [2.24, 2.45) is 0 Å². The number of nitrogens with zero attached hydrogens (tertiary/aromatic N) is 4. The summed E-state index contributed by atoms with van der Waals surface area (Å²) in [4.78, 5) is 20.4. The van der Waals surface area contributed by atoms with Gasteiger partial charge in [0.2, 0.25) is 5.89 Å². The third-order valence-corrected chi connectivity index (χ3v) is 5.06. The van der Waals surface area contributed by atoms with E-state index in [0.29, 0.717) is 23.6 Å². The van der Waals surface area contributed by atoms with Gasteiger partial charge in [-0.25, -0.2) is 14.5 Å². The van der Waals surface area contributed by atoms with Crippen molar-refractivity contribution in [2.75, 3.05) is 38.2 Å². The second-order valence-electron chi connectivity index (χ2n) is 6.93. The van der Waals surface area contributed by atoms with Crippen molar-refractivity contribution in [3.63, 3.8) is 0 Å². The van der Waals surface area contributed by atoms with E-state index in [4.69, 9.17) is 9.15 Å². The van der Waals surface area contributed by atoms with E-state index in [1.54, 1.807) is 24.4 Å². The SMILES string of the molecule is COc1ccc(-c2nc(CN3CCN(c4cn[nH]c(=O)c4)CC3)c(C)o2)c(F)c1. The molecule has 0 saturated carbocycles. The van der Waals surface area contributed by atoms with E-state index in [-0.39, 0.29) is 11.4 Å². The number of benzene rings is 1. The predicted octanol–water partition coefficient (Wildman–Crippen LogP) is 2.20. The molecule has 1 aromatic carbocycles. The summed E-state index contributed by atoms with van der Waals surface area (Å²) in [5.74, 6) is 0.961. The standard InChI is InChI=1S/C20H22FN5O3/c1-13-18(23-20(29-13)16-4-3-15(28-2)10-17(16)21)12-25-5-7-26(8-6-25)14-9-19(27)24-22-11-14/h3-4,9-11H,5-8,12H2,1-2H3,(H,24,27). The molecule has 1 aliphatic rings. The zero-order valence-corrected chi connectivity index (χ0v) is 16.3. The lowest BCUT2D eigenvalue weighted by Gasteiger charge is -2.35. The first kappa shape index (κ1) is 19.1. The number of aryl methyl sites for hydroxylation is 1. The molecule has 4 rings (SSSR count). The van der Waals surface area contributed by atoms with Crippen LogP contribution in [0.1, 0.15) is 11.5 Å². The van der Waals surface area contributed by atoms with Crippen molar-refractivity contribution in [1.29, 1.82) is 0 Å². The number of H-pyrrole nitrogens is 1. The second kappa shape index (κ2) is 8.04. The van der Waals surface area contributed by atoms with Gasteiger partial charge in [-0.2, -0.15) is 5.10 Å². The fourth-order valence-corrected chi connectivity index (χ4v) is 3.40. The number of piperazine rings is 1. The molecule has 152 valence electrons. The molecule has 1 fully saturated rings. The Morgan fingerprint density at radius 2 is 2.03 bits per heavy atom. The first-order chi connectivity index (χ1) is 14.0. The van der Waals surface area contributed by atoms with Gasteiger partial charge in [0, 0.05) is 44.9 Å². The van der Waals surface area contributed by atoms with Crippen LogP contribution >= 0.6 is 0 Å². The van der Waals surface area contributed by atoms with Crippen molar-refractivity contribution in [3.05, 3.63) is 58.1 Å². The van der Waals surface area contributed by atoms with Crippen LogP contribution in [0.2, 0.25) is 0 Å².